The molecule has 41 heavy (non-hydrogen) atoms. The molecule has 0 aliphatic carbocycles. The van der Waals surface area contributed by atoms with Crippen LogP contribution in [0.25, 0.3) is 0 Å². The monoisotopic (exact) mass is 608 g/mol. The standard InChI is InChI=1S/C30H38B2N2O4S3/c1-4-5-16-30(31)22-33(25-14-10-7-11-15-25)26-18-27(39-3)24(20-40-21-29(35)36)17-28(26)41(37,38)34(30)32(2)19-23-12-8-6-9-13-23/h6-15,17-18H,4-5,16,19-22,31H2,1-3H3,(H,35,36)/t30-/m1/s1. The normalized spacial score (nSPS) is 18.5. The number of anilines is 2. The fraction of sp³-hybridized carbons (Fsp3) is 0.367. The largest absolute Gasteiger partial charge is 0.481 e. The summed E-state index contributed by atoms with van der Waals surface area (Å²) in [4.78, 5) is 14.6. The van der Waals surface area contributed by atoms with Gasteiger partial charge in [-0.3, -0.25) is 4.79 Å². The van der Waals surface area contributed by atoms with E-state index in [9.17, 15) is 18.3 Å². The molecular formula is C30H38B2N2O4S3. The van der Waals surface area contributed by atoms with Gasteiger partial charge in [0, 0.05) is 28.3 Å². The summed E-state index contributed by atoms with van der Waals surface area (Å²) in [6.07, 6.45) is 5.19. The van der Waals surface area contributed by atoms with Crippen molar-refractivity contribution in [3.8, 4) is 0 Å². The summed E-state index contributed by atoms with van der Waals surface area (Å²) in [5, 5.41) is 9.20. The summed E-state index contributed by atoms with van der Waals surface area (Å²) in [7, 11) is -1.85. The molecule has 1 heterocycles. The quantitative estimate of drug-likeness (QED) is 0.206. The minimum atomic E-state index is -3.95. The highest BCUT2D eigenvalue weighted by Gasteiger charge is 2.48. The van der Waals surface area contributed by atoms with E-state index in [2.05, 4.69) is 31.8 Å². The van der Waals surface area contributed by atoms with Crippen molar-refractivity contribution in [3.05, 3.63) is 83.9 Å². The second-order valence-corrected chi connectivity index (χ2v) is 14.5. The molecule has 1 aliphatic rings. The highest BCUT2D eigenvalue weighted by atomic mass is 32.2. The summed E-state index contributed by atoms with van der Waals surface area (Å²) in [5.41, 5.74) is 2.89. The third-order valence-electron chi connectivity index (χ3n) is 7.61. The highest BCUT2D eigenvalue weighted by molar-refractivity contribution is 7.99. The number of nitrogens with zero attached hydrogens (tertiary/aromatic N) is 2. The molecule has 11 heteroatoms. The van der Waals surface area contributed by atoms with E-state index in [-0.39, 0.29) is 17.5 Å². The van der Waals surface area contributed by atoms with Crippen LogP contribution in [-0.2, 0) is 26.9 Å². The number of carbonyl (C=O) groups is 1. The van der Waals surface area contributed by atoms with Crippen molar-refractivity contribution in [2.45, 2.75) is 60.3 Å². The van der Waals surface area contributed by atoms with E-state index >= 15 is 0 Å². The molecule has 0 amide bonds. The fourth-order valence-electron chi connectivity index (χ4n) is 5.84. The van der Waals surface area contributed by atoms with Crippen molar-refractivity contribution in [2.24, 2.45) is 0 Å². The van der Waals surface area contributed by atoms with Gasteiger partial charge in [-0.05, 0) is 48.8 Å². The van der Waals surface area contributed by atoms with Crippen molar-refractivity contribution >= 4 is 65.6 Å². The van der Waals surface area contributed by atoms with Gasteiger partial charge in [0.15, 0.2) is 0 Å². The number of rotatable bonds is 12. The third-order valence-corrected chi connectivity index (χ3v) is 11.6. The Morgan fingerprint density at radius 1 is 1.10 bits per heavy atom. The number of para-hydroxylation sites is 1. The highest BCUT2D eigenvalue weighted by Crippen LogP contribution is 2.45. The minimum Gasteiger partial charge on any atom is -0.481 e. The summed E-state index contributed by atoms with van der Waals surface area (Å²) < 4.78 is 31.7. The summed E-state index contributed by atoms with van der Waals surface area (Å²) in [6, 6.07) is 23.9. The Labute approximate surface area is 254 Å². The number of carboxylic acid groups (broad SMARTS) is 1. The van der Waals surface area contributed by atoms with Crippen LogP contribution in [0.3, 0.4) is 0 Å². The van der Waals surface area contributed by atoms with Crippen LogP contribution >= 0.6 is 23.5 Å². The first kappa shape index (κ1) is 31.6. The lowest BCUT2D eigenvalue weighted by Crippen LogP contribution is -2.61. The van der Waals surface area contributed by atoms with Gasteiger partial charge in [0.25, 0.3) is 0 Å². The maximum atomic E-state index is 14.9. The van der Waals surface area contributed by atoms with Crippen molar-refractivity contribution in [1.82, 2.24) is 4.22 Å². The molecule has 6 nitrogen and oxygen atoms in total. The van der Waals surface area contributed by atoms with Crippen molar-refractivity contribution < 1.29 is 18.3 Å². The molecule has 0 aromatic heterocycles. The first-order chi connectivity index (χ1) is 19.6. The molecule has 0 unspecified atom stereocenters. The predicted molar refractivity (Wildman–Crippen MR) is 177 cm³/mol. The number of sulfonamides is 1. The third kappa shape index (κ3) is 7.19. The fourth-order valence-corrected chi connectivity index (χ4v) is 9.51. The summed E-state index contributed by atoms with van der Waals surface area (Å²) in [5.74, 6) is -0.502. The lowest BCUT2D eigenvalue weighted by molar-refractivity contribution is -0.133. The van der Waals surface area contributed by atoms with Gasteiger partial charge < -0.3 is 10.0 Å². The van der Waals surface area contributed by atoms with E-state index in [1.807, 2.05) is 67.7 Å². The Balaban J connectivity index is 1.93. The van der Waals surface area contributed by atoms with Crippen molar-refractivity contribution in [2.75, 3.05) is 23.5 Å². The second-order valence-electron chi connectivity index (χ2n) is 10.9. The van der Waals surface area contributed by atoms with Crippen LogP contribution in [0, 0.1) is 0 Å². The van der Waals surface area contributed by atoms with Gasteiger partial charge in [-0.25, -0.2) is 12.6 Å². The van der Waals surface area contributed by atoms with Crippen LogP contribution in [-0.4, -0.2) is 62.4 Å². The van der Waals surface area contributed by atoms with E-state index in [4.69, 9.17) is 0 Å². The number of carboxylic acids is 1. The number of benzene rings is 3. The molecule has 3 aromatic rings. The number of thioether (sulfide) groups is 2. The topological polar surface area (TPSA) is 77.9 Å². The molecule has 0 spiro atoms. The number of fused-ring (bicyclic) bond motifs is 1. The Bertz CT molecular complexity index is 1440. The Morgan fingerprint density at radius 3 is 2.37 bits per heavy atom. The van der Waals surface area contributed by atoms with Gasteiger partial charge in [0.2, 0.25) is 16.9 Å². The number of hydrogen-bond donors (Lipinski definition) is 1. The Hall–Kier alpha value is -2.33. The average Bonchev–Trinajstić information content (AvgIpc) is 3.02. The molecule has 0 saturated carbocycles. The van der Waals surface area contributed by atoms with E-state index in [1.165, 1.54) is 11.8 Å². The summed E-state index contributed by atoms with van der Waals surface area (Å²) in [6.45, 7) is 4.40. The Kier molecular flexibility index (Phi) is 10.6. The van der Waals surface area contributed by atoms with E-state index in [0.29, 0.717) is 24.3 Å². The molecular weight excluding hydrogens is 570 g/mol. The molecule has 4 rings (SSSR count). The molecule has 0 fully saturated rings. The molecule has 0 saturated heterocycles. The van der Waals surface area contributed by atoms with Crippen LogP contribution in [0.4, 0.5) is 11.4 Å². The first-order valence-corrected chi connectivity index (χ1v) is 17.8. The second kappa shape index (κ2) is 13.8. The zero-order valence-electron chi connectivity index (χ0n) is 24.2. The average molecular weight is 608 g/mol. The molecule has 216 valence electrons. The van der Waals surface area contributed by atoms with Gasteiger partial charge in [-0.2, -0.15) is 0 Å². The molecule has 0 radical (unpaired) electrons. The number of hydrogen-bond acceptors (Lipinski definition) is 6. The summed E-state index contributed by atoms with van der Waals surface area (Å²) >= 11 is 2.84. The molecule has 1 N–H and O–H groups in total. The van der Waals surface area contributed by atoms with Gasteiger partial charge in [0.05, 0.1) is 11.4 Å². The van der Waals surface area contributed by atoms with Crippen LogP contribution < -0.4 is 4.90 Å². The van der Waals surface area contributed by atoms with Crippen LogP contribution in [0.5, 0.6) is 0 Å². The van der Waals surface area contributed by atoms with Crippen LogP contribution in [0.15, 0.2) is 82.6 Å². The molecule has 1 atom stereocenters. The number of aliphatic carboxylic acids is 1. The minimum absolute atomic E-state index is 0.0386. The van der Waals surface area contributed by atoms with E-state index in [1.54, 1.807) is 22.0 Å². The zero-order valence-corrected chi connectivity index (χ0v) is 26.7. The van der Waals surface area contributed by atoms with Gasteiger partial charge in [-0.15, -0.1) is 23.5 Å². The lowest BCUT2D eigenvalue weighted by atomic mass is 9.55. The van der Waals surface area contributed by atoms with E-state index < -0.39 is 21.4 Å². The molecule has 3 aromatic carbocycles. The number of unbranched alkanes of at least 4 members (excludes halogenated alkanes) is 1. The maximum Gasteiger partial charge on any atom is 0.313 e. The van der Waals surface area contributed by atoms with Gasteiger partial charge >= 0.3 is 5.97 Å². The maximum absolute atomic E-state index is 14.9. The van der Waals surface area contributed by atoms with Gasteiger partial charge in [-0.1, -0.05) is 80.7 Å². The van der Waals surface area contributed by atoms with Gasteiger partial charge in [0.1, 0.15) is 12.7 Å². The van der Waals surface area contributed by atoms with Crippen molar-refractivity contribution in [3.63, 3.8) is 0 Å². The van der Waals surface area contributed by atoms with Crippen LogP contribution in [0.2, 0.25) is 6.82 Å². The first-order valence-electron chi connectivity index (χ1n) is 14.0. The SMILES string of the molecule is B[C@@]1(CCCC)CN(c2ccccc2)c2cc(SC)c(CSCC(=O)O)cc2S(=O)(=O)N1B(C)Cc1ccccc1. The Morgan fingerprint density at radius 2 is 1.76 bits per heavy atom. The smallest absolute Gasteiger partial charge is 0.313 e. The predicted octanol–water partition coefficient (Wildman–Crippen LogP) is 5.79. The molecule has 1 aliphatic heterocycles. The van der Waals surface area contributed by atoms with Crippen LogP contribution in [0.1, 0.15) is 37.3 Å². The van der Waals surface area contributed by atoms with Crippen molar-refractivity contribution in [1.29, 1.82) is 0 Å². The lowest BCUT2D eigenvalue weighted by Gasteiger charge is -2.44. The molecule has 0 bridgehead atoms. The van der Waals surface area contributed by atoms with E-state index in [0.717, 1.165) is 41.0 Å². The zero-order chi connectivity index (χ0) is 29.6.